The molecule has 118 valence electrons. The van der Waals surface area contributed by atoms with E-state index < -0.39 is 16.0 Å². The van der Waals surface area contributed by atoms with Crippen molar-refractivity contribution in [1.29, 1.82) is 0 Å². The van der Waals surface area contributed by atoms with Gasteiger partial charge in [-0.3, -0.25) is 0 Å². The van der Waals surface area contributed by atoms with Gasteiger partial charge in [0, 0.05) is 5.39 Å². The number of pyridine rings is 1. The summed E-state index contributed by atoms with van der Waals surface area (Å²) in [5.74, 6) is -0.569. The average Bonchev–Trinajstić information content (AvgIpc) is 2.90. The van der Waals surface area contributed by atoms with Gasteiger partial charge in [-0.15, -0.1) is 0 Å². The SMILES string of the molecule is COC(=O)c1cc2cc(I)n(S(=O)(=O)c3ccccc3)c2cn1. The van der Waals surface area contributed by atoms with E-state index >= 15 is 0 Å². The molecular weight excluding hydrogens is 431 g/mol. The first kappa shape index (κ1) is 15.9. The number of rotatable bonds is 3. The molecule has 0 unspecified atom stereocenters. The van der Waals surface area contributed by atoms with Crippen molar-refractivity contribution >= 4 is 49.5 Å². The molecule has 0 atom stereocenters. The minimum atomic E-state index is -3.74. The average molecular weight is 442 g/mol. The normalized spacial score (nSPS) is 11.6. The number of hydrogen-bond acceptors (Lipinski definition) is 5. The third-order valence-electron chi connectivity index (χ3n) is 3.28. The third-order valence-corrected chi connectivity index (χ3v) is 6.14. The van der Waals surface area contributed by atoms with E-state index in [0.717, 1.165) is 0 Å². The van der Waals surface area contributed by atoms with Gasteiger partial charge in [0.1, 0.15) is 5.69 Å². The molecule has 0 amide bonds. The summed E-state index contributed by atoms with van der Waals surface area (Å²) in [5, 5.41) is 0.601. The van der Waals surface area contributed by atoms with Crippen LogP contribution in [0.25, 0.3) is 10.9 Å². The summed E-state index contributed by atoms with van der Waals surface area (Å²) in [4.78, 5) is 15.7. The van der Waals surface area contributed by atoms with Crippen LogP contribution < -0.4 is 0 Å². The highest BCUT2D eigenvalue weighted by Crippen LogP contribution is 2.26. The smallest absolute Gasteiger partial charge is 0.356 e. The first-order chi connectivity index (χ1) is 10.9. The predicted molar refractivity (Wildman–Crippen MR) is 92.8 cm³/mol. The highest BCUT2D eigenvalue weighted by molar-refractivity contribution is 14.1. The molecule has 8 heteroatoms. The molecule has 0 saturated carbocycles. The first-order valence-corrected chi connectivity index (χ1v) is 9.03. The lowest BCUT2D eigenvalue weighted by Crippen LogP contribution is -2.14. The molecule has 2 aromatic heterocycles. The van der Waals surface area contributed by atoms with Crippen molar-refractivity contribution in [1.82, 2.24) is 8.96 Å². The molecule has 0 bridgehead atoms. The fourth-order valence-electron chi connectivity index (χ4n) is 2.21. The molecule has 0 fully saturated rings. The maximum absolute atomic E-state index is 12.8. The minimum Gasteiger partial charge on any atom is -0.464 e. The number of methoxy groups -OCH3 is 1. The summed E-state index contributed by atoms with van der Waals surface area (Å²) >= 11 is 1.94. The molecule has 1 aromatic carbocycles. The Morgan fingerprint density at radius 3 is 2.57 bits per heavy atom. The molecule has 0 spiro atoms. The summed E-state index contributed by atoms with van der Waals surface area (Å²) in [6.07, 6.45) is 1.37. The second kappa shape index (κ2) is 5.93. The van der Waals surface area contributed by atoms with E-state index in [1.165, 1.54) is 35.5 Å². The van der Waals surface area contributed by atoms with Gasteiger partial charge in [-0.25, -0.2) is 22.2 Å². The van der Waals surface area contributed by atoms with Crippen LogP contribution in [0.4, 0.5) is 0 Å². The molecule has 0 radical (unpaired) electrons. The van der Waals surface area contributed by atoms with Crippen molar-refractivity contribution in [3.63, 3.8) is 0 Å². The maximum Gasteiger partial charge on any atom is 0.356 e. The van der Waals surface area contributed by atoms with E-state index in [1.807, 2.05) is 22.6 Å². The van der Waals surface area contributed by atoms with E-state index in [9.17, 15) is 13.2 Å². The Bertz CT molecular complexity index is 997. The maximum atomic E-state index is 12.8. The number of aromatic nitrogens is 2. The van der Waals surface area contributed by atoms with E-state index in [0.29, 0.717) is 14.6 Å². The van der Waals surface area contributed by atoms with Crippen molar-refractivity contribution in [3.8, 4) is 0 Å². The molecule has 23 heavy (non-hydrogen) atoms. The zero-order chi connectivity index (χ0) is 16.6. The summed E-state index contributed by atoms with van der Waals surface area (Å²) in [5.41, 5.74) is 0.538. The fraction of sp³-hybridized carbons (Fsp3) is 0.0667. The van der Waals surface area contributed by atoms with Crippen LogP contribution in [-0.4, -0.2) is 30.5 Å². The van der Waals surface area contributed by atoms with Crippen LogP contribution in [0.2, 0.25) is 0 Å². The zero-order valence-electron chi connectivity index (χ0n) is 11.9. The summed E-state index contributed by atoms with van der Waals surface area (Å²) in [7, 11) is -2.47. The number of fused-ring (bicyclic) bond motifs is 1. The minimum absolute atomic E-state index is 0.130. The van der Waals surface area contributed by atoms with Crippen LogP contribution in [-0.2, 0) is 14.8 Å². The topological polar surface area (TPSA) is 78.3 Å². The van der Waals surface area contributed by atoms with Gasteiger partial charge < -0.3 is 4.74 Å². The van der Waals surface area contributed by atoms with Crippen LogP contribution in [0.3, 0.4) is 0 Å². The number of esters is 1. The van der Waals surface area contributed by atoms with Crippen LogP contribution >= 0.6 is 22.6 Å². The van der Waals surface area contributed by atoms with Gasteiger partial charge in [0.25, 0.3) is 10.0 Å². The van der Waals surface area contributed by atoms with Gasteiger partial charge in [-0.05, 0) is 46.9 Å². The van der Waals surface area contributed by atoms with Gasteiger partial charge in [0.2, 0.25) is 0 Å². The standard InChI is InChI=1S/C15H11IN2O4S/c1-22-15(19)12-7-10-8-14(16)18(13(10)9-17-12)23(20,21)11-5-3-2-4-6-11/h2-9H,1H3. The van der Waals surface area contributed by atoms with Crippen molar-refractivity contribution in [3.05, 3.63) is 58.1 Å². The summed E-state index contributed by atoms with van der Waals surface area (Å²) in [6, 6.07) is 11.4. The van der Waals surface area contributed by atoms with Crippen molar-refractivity contribution in [2.24, 2.45) is 0 Å². The van der Waals surface area contributed by atoms with Gasteiger partial charge in [0.15, 0.2) is 0 Å². The monoisotopic (exact) mass is 442 g/mol. The van der Waals surface area contributed by atoms with Crippen LogP contribution in [0.5, 0.6) is 0 Å². The van der Waals surface area contributed by atoms with Gasteiger partial charge in [0.05, 0.1) is 27.4 Å². The molecule has 0 aliphatic carbocycles. The van der Waals surface area contributed by atoms with Crippen molar-refractivity contribution in [2.45, 2.75) is 4.90 Å². The molecular formula is C15H11IN2O4S. The number of ether oxygens (including phenoxy) is 1. The quantitative estimate of drug-likeness (QED) is 0.461. The molecule has 0 saturated heterocycles. The molecule has 3 aromatic rings. The zero-order valence-corrected chi connectivity index (χ0v) is 14.9. The second-order valence-corrected chi connectivity index (χ2v) is 7.56. The Hall–Kier alpha value is -1.94. The Balaban J connectivity index is 2.23. The summed E-state index contributed by atoms with van der Waals surface area (Å²) in [6.45, 7) is 0. The summed E-state index contributed by atoms with van der Waals surface area (Å²) < 4.78 is 32.0. The van der Waals surface area contributed by atoms with Gasteiger partial charge in [-0.1, -0.05) is 18.2 Å². The highest BCUT2D eigenvalue weighted by atomic mass is 127. The molecule has 0 aliphatic heterocycles. The lowest BCUT2D eigenvalue weighted by molar-refractivity contribution is 0.0594. The Morgan fingerprint density at radius 1 is 1.22 bits per heavy atom. The molecule has 3 rings (SSSR count). The lowest BCUT2D eigenvalue weighted by Gasteiger charge is -2.09. The number of halogens is 1. The second-order valence-electron chi connectivity index (χ2n) is 4.67. The highest BCUT2D eigenvalue weighted by Gasteiger charge is 2.23. The van der Waals surface area contributed by atoms with E-state index in [-0.39, 0.29) is 10.6 Å². The number of hydrogen-bond donors (Lipinski definition) is 0. The van der Waals surface area contributed by atoms with Crippen LogP contribution in [0.1, 0.15) is 10.5 Å². The lowest BCUT2D eigenvalue weighted by atomic mass is 10.2. The molecule has 0 aliphatic rings. The molecule has 2 heterocycles. The predicted octanol–water partition coefficient (Wildman–Crippen LogP) is 2.66. The van der Waals surface area contributed by atoms with Crippen molar-refractivity contribution < 1.29 is 17.9 Å². The third kappa shape index (κ3) is 2.72. The van der Waals surface area contributed by atoms with E-state index in [1.54, 1.807) is 24.3 Å². The largest absolute Gasteiger partial charge is 0.464 e. The van der Waals surface area contributed by atoms with E-state index in [2.05, 4.69) is 9.72 Å². The first-order valence-electron chi connectivity index (χ1n) is 6.51. The molecule has 6 nitrogen and oxygen atoms in total. The Labute approximate surface area is 146 Å². The Kier molecular flexibility index (Phi) is 4.11. The van der Waals surface area contributed by atoms with Crippen LogP contribution in [0, 0.1) is 3.70 Å². The van der Waals surface area contributed by atoms with Gasteiger partial charge >= 0.3 is 5.97 Å². The number of carbonyl (C=O) groups is 1. The molecule has 0 N–H and O–H groups in total. The van der Waals surface area contributed by atoms with Gasteiger partial charge in [-0.2, -0.15) is 0 Å². The van der Waals surface area contributed by atoms with Crippen molar-refractivity contribution in [2.75, 3.05) is 7.11 Å². The number of carbonyl (C=O) groups excluding carboxylic acids is 1. The number of nitrogens with zero attached hydrogens (tertiary/aromatic N) is 2. The van der Waals surface area contributed by atoms with E-state index in [4.69, 9.17) is 0 Å². The fourth-order valence-corrected chi connectivity index (χ4v) is 4.99. The number of benzene rings is 1. The van der Waals surface area contributed by atoms with Crippen LogP contribution in [0.15, 0.2) is 53.6 Å². The Morgan fingerprint density at radius 2 is 1.91 bits per heavy atom.